The summed E-state index contributed by atoms with van der Waals surface area (Å²) in [5.41, 5.74) is 8.96. The standard InChI is InChI=1S/C18H25N/c1-11(19)14-3-2-4-15(10-14)18-16-6-12-5-13(8-16)9-17(18)7-12/h2-4,10-13,16-18H,5-9,19H2,1H3. The van der Waals surface area contributed by atoms with Gasteiger partial charge in [0.2, 0.25) is 0 Å². The Hall–Kier alpha value is -0.820. The molecule has 4 aliphatic rings. The van der Waals surface area contributed by atoms with Crippen LogP contribution in [-0.2, 0) is 0 Å². The molecule has 0 aromatic heterocycles. The molecule has 1 aromatic rings. The van der Waals surface area contributed by atoms with Crippen LogP contribution in [0.4, 0.5) is 0 Å². The van der Waals surface area contributed by atoms with Crippen LogP contribution in [0.3, 0.4) is 0 Å². The summed E-state index contributed by atoms with van der Waals surface area (Å²) in [6.07, 6.45) is 7.54. The second-order valence-corrected chi connectivity index (χ2v) is 7.42. The van der Waals surface area contributed by atoms with E-state index in [9.17, 15) is 0 Å². The van der Waals surface area contributed by atoms with Gasteiger partial charge in [-0.15, -0.1) is 0 Å². The number of benzene rings is 1. The molecule has 1 atom stereocenters. The highest BCUT2D eigenvalue weighted by Crippen LogP contribution is 2.59. The van der Waals surface area contributed by atoms with E-state index in [2.05, 4.69) is 31.2 Å². The fraction of sp³-hybridized carbons (Fsp3) is 0.667. The number of rotatable bonds is 2. The molecule has 102 valence electrons. The van der Waals surface area contributed by atoms with Crippen LogP contribution < -0.4 is 5.73 Å². The third-order valence-electron chi connectivity index (χ3n) is 6.05. The topological polar surface area (TPSA) is 26.0 Å². The first-order valence-corrected chi connectivity index (χ1v) is 8.06. The lowest BCUT2D eigenvalue weighted by Gasteiger charge is -2.54. The fourth-order valence-electron chi connectivity index (χ4n) is 5.52. The average Bonchev–Trinajstić information content (AvgIpc) is 2.37. The third kappa shape index (κ3) is 1.94. The summed E-state index contributed by atoms with van der Waals surface area (Å²) in [5, 5.41) is 0. The Labute approximate surface area is 116 Å². The van der Waals surface area contributed by atoms with Crippen molar-refractivity contribution in [3.05, 3.63) is 35.4 Å². The molecule has 0 aliphatic heterocycles. The molecule has 1 unspecified atom stereocenters. The highest BCUT2D eigenvalue weighted by Gasteiger charge is 2.48. The maximum absolute atomic E-state index is 6.06. The van der Waals surface area contributed by atoms with Gasteiger partial charge in [0.05, 0.1) is 0 Å². The SMILES string of the molecule is CC(N)c1cccc(C2C3CC4CC(C3)CC2C4)c1. The van der Waals surface area contributed by atoms with Gasteiger partial charge in [0.15, 0.2) is 0 Å². The lowest BCUT2D eigenvalue weighted by Crippen LogP contribution is -2.43. The van der Waals surface area contributed by atoms with Gasteiger partial charge in [-0.25, -0.2) is 0 Å². The number of nitrogens with two attached hydrogens (primary N) is 1. The van der Waals surface area contributed by atoms with Crippen LogP contribution in [0.25, 0.3) is 0 Å². The summed E-state index contributed by atoms with van der Waals surface area (Å²) in [5.74, 6) is 4.91. The third-order valence-corrected chi connectivity index (χ3v) is 6.05. The average molecular weight is 255 g/mol. The highest BCUT2D eigenvalue weighted by molar-refractivity contribution is 5.30. The predicted molar refractivity (Wildman–Crippen MR) is 78.8 cm³/mol. The molecule has 1 aromatic carbocycles. The van der Waals surface area contributed by atoms with E-state index in [0.717, 1.165) is 29.6 Å². The summed E-state index contributed by atoms with van der Waals surface area (Å²) in [7, 11) is 0. The zero-order chi connectivity index (χ0) is 13.0. The van der Waals surface area contributed by atoms with E-state index in [0.29, 0.717) is 0 Å². The van der Waals surface area contributed by atoms with Crippen molar-refractivity contribution in [3.8, 4) is 0 Å². The minimum Gasteiger partial charge on any atom is -0.324 e. The first-order valence-electron chi connectivity index (χ1n) is 8.06. The first kappa shape index (κ1) is 12.0. The van der Waals surface area contributed by atoms with Gasteiger partial charge in [0.1, 0.15) is 0 Å². The van der Waals surface area contributed by atoms with Crippen molar-refractivity contribution in [3.63, 3.8) is 0 Å². The van der Waals surface area contributed by atoms with E-state index in [1.807, 2.05) is 0 Å². The van der Waals surface area contributed by atoms with E-state index in [-0.39, 0.29) is 6.04 Å². The van der Waals surface area contributed by atoms with Crippen LogP contribution >= 0.6 is 0 Å². The summed E-state index contributed by atoms with van der Waals surface area (Å²) in [4.78, 5) is 0. The van der Waals surface area contributed by atoms with Gasteiger partial charge < -0.3 is 5.73 Å². The van der Waals surface area contributed by atoms with Crippen molar-refractivity contribution in [1.29, 1.82) is 0 Å². The van der Waals surface area contributed by atoms with E-state index in [1.165, 1.54) is 31.2 Å². The Morgan fingerprint density at radius 3 is 2.21 bits per heavy atom. The van der Waals surface area contributed by atoms with E-state index in [4.69, 9.17) is 5.73 Å². The molecule has 0 saturated heterocycles. The number of hydrogen-bond acceptors (Lipinski definition) is 1. The van der Waals surface area contributed by atoms with Crippen LogP contribution in [0.5, 0.6) is 0 Å². The summed E-state index contributed by atoms with van der Waals surface area (Å²) >= 11 is 0. The fourth-order valence-corrected chi connectivity index (χ4v) is 5.52. The van der Waals surface area contributed by atoms with Crippen LogP contribution in [0.2, 0.25) is 0 Å². The van der Waals surface area contributed by atoms with E-state index >= 15 is 0 Å². The molecule has 2 N–H and O–H groups in total. The lowest BCUT2D eigenvalue weighted by molar-refractivity contribution is -0.00280. The predicted octanol–water partition coefficient (Wildman–Crippen LogP) is 4.25. The van der Waals surface area contributed by atoms with Gasteiger partial charge in [0, 0.05) is 6.04 Å². The van der Waals surface area contributed by atoms with Crippen molar-refractivity contribution in [1.82, 2.24) is 0 Å². The van der Waals surface area contributed by atoms with E-state index in [1.54, 1.807) is 12.0 Å². The summed E-state index contributed by atoms with van der Waals surface area (Å²) in [6, 6.07) is 9.33. The van der Waals surface area contributed by atoms with Crippen LogP contribution in [0, 0.1) is 23.7 Å². The monoisotopic (exact) mass is 255 g/mol. The van der Waals surface area contributed by atoms with Crippen LogP contribution in [0.15, 0.2) is 24.3 Å². The first-order chi connectivity index (χ1) is 9.20. The molecule has 4 saturated carbocycles. The van der Waals surface area contributed by atoms with E-state index < -0.39 is 0 Å². The summed E-state index contributed by atoms with van der Waals surface area (Å²) < 4.78 is 0. The Morgan fingerprint density at radius 1 is 1.00 bits per heavy atom. The minimum absolute atomic E-state index is 0.164. The maximum Gasteiger partial charge on any atom is 0.0266 e. The summed E-state index contributed by atoms with van der Waals surface area (Å²) in [6.45, 7) is 2.09. The Balaban J connectivity index is 1.67. The molecule has 4 bridgehead atoms. The van der Waals surface area contributed by atoms with Crippen molar-refractivity contribution in [2.75, 3.05) is 0 Å². The smallest absolute Gasteiger partial charge is 0.0266 e. The zero-order valence-electron chi connectivity index (χ0n) is 11.9. The van der Waals surface area contributed by atoms with Crippen molar-refractivity contribution in [2.24, 2.45) is 29.4 Å². The van der Waals surface area contributed by atoms with Gasteiger partial charge >= 0.3 is 0 Å². The molecule has 0 radical (unpaired) electrons. The molecule has 0 spiro atoms. The van der Waals surface area contributed by atoms with Crippen molar-refractivity contribution in [2.45, 2.75) is 51.0 Å². The molecular formula is C18H25N. The second kappa shape index (κ2) is 4.34. The second-order valence-electron chi connectivity index (χ2n) is 7.42. The molecular weight excluding hydrogens is 230 g/mol. The molecule has 1 heteroatoms. The zero-order valence-corrected chi connectivity index (χ0v) is 11.9. The molecule has 4 aliphatic carbocycles. The largest absolute Gasteiger partial charge is 0.324 e. The van der Waals surface area contributed by atoms with Crippen LogP contribution in [0.1, 0.15) is 62.1 Å². The van der Waals surface area contributed by atoms with Gasteiger partial charge in [-0.2, -0.15) is 0 Å². The Morgan fingerprint density at radius 2 is 1.63 bits per heavy atom. The normalized spacial score (nSPS) is 41.5. The molecule has 19 heavy (non-hydrogen) atoms. The van der Waals surface area contributed by atoms with Crippen molar-refractivity contribution >= 4 is 0 Å². The molecule has 1 nitrogen and oxygen atoms in total. The van der Waals surface area contributed by atoms with Crippen LogP contribution in [-0.4, -0.2) is 0 Å². The Bertz CT molecular complexity index is 448. The van der Waals surface area contributed by atoms with Gasteiger partial charge in [-0.3, -0.25) is 0 Å². The molecule has 4 fully saturated rings. The lowest BCUT2D eigenvalue weighted by atomic mass is 9.50. The quantitative estimate of drug-likeness (QED) is 0.840. The Kier molecular flexibility index (Phi) is 2.73. The highest BCUT2D eigenvalue weighted by atomic mass is 14.6. The minimum atomic E-state index is 0.164. The van der Waals surface area contributed by atoms with Gasteiger partial charge in [-0.05, 0) is 79.7 Å². The number of hydrogen-bond donors (Lipinski definition) is 1. The van der Waals surface area contributed by atoms with Gasteiger partial charge in [0.25, 0.3) is 0 Å². The van der Waals surface area contributed by atoms with Gasteiger partial charge in [-0.1, -0.05) is 24.3 Å². The molecule has 5 rings (SSSR count). The maximum atomic E-state index is 6.06. The molecule has 0 heterocycles. The van der Waals surface area contributed by atoms with Crippen molar-refractivity contribution < 1.29 is 0 Å². The molecule has 0 amide bonds.